The van der Waals surface area contributed by atoms with Gasteiger partial charge in [-0.25, -0.2) is 9.78 Å². The summed E-state index contributed by atoms with van der Waals surface area (Å²) in [5, 5.41) is 11.8. The number of aromatic nitrogens is 2. The van der Waals surface area contributed by atoms with Crippen molar-refractivity contribution in [3.8, 4) is 0 Å². The Bertz CT molecular complexity index is 531. The van der Waals surface area contributed by atoms with Gasteiger partial charge in [0.1, 0.15) is 9.21 Å². The van der Waals surface area contributed by atoms with Crippen molar-refractivity contribution in [2.75, 3.05) is 20.2 Å². The van der Waals surface area contributed by atoms with Crippen molar-refractivity contribution < 1.29 is 19.4 Å². The molecular weight excluding hydrogens is 412 g/mol. The molecule has 10 heteroatoms. The Morgan fingerprint density at radius 2 is 2.24 bits per heavy atom. The molecule has 1 fully saturated rings. The predicted molar refractivity (Wildman–Crippen MR) is 80.3 cm³/mol. The van der Waals surface area contributed by atoms with Crippen molar-refractivity contribution in [3.63, 3.8) is 0 Å². The summed E-state index contributed by atoms with van der Waals surface area (Å²) < 4.78 is 6.37. The summed E-state index contributed by atoms with van der Waals surface area (Å²) in [5.74, 6) is -0.193. The van der Waals surface area contributed by atoms with Gasteiger partial charge in [-0.15, -0.1) is 0 Å². The van der Waals surface area contributed by atoms with Gasteiger partial charge in [-0.3, -0.25) is 4.79 Å². The van der Waals surface area contributed by atoms with E-state index in [4.69, 9.17) is 9.84 Å². The van der Waals surface area contributed by atoms with Gasteiger partial charge in [0.2, 0.25) is 0 Å². The molecule has 0 aromatic carbocycles. The van der Waals surface area contributed by atoms with Gasteiger partial charge in [-0.05, 0) is 38.3 Å². The molecule has 1 saturated heterocycles. The van der Waals surface area contributed by atoms with E-state index in [1.807, 2.05) is 0 Å². The second-order valence-corrected chi connectivity index (χ2v) is 6.11. The number of ether oxygens (including phenoxy) is 1. The van der Waals surface area contributed by atoms with Crippen molar-refractivity contribution in [1.29, 1.82) is 0 Å². The Morgan fingerprint density at radius 1 is 1.52 bits per heavy atom. The molecule has 0 radical (unpaired) electrons. The number of piperidine rings is 1. The number of carboxylic acid groups (broad SMARTS) is 1. The lowest BCUT2D eigenvalue weighted by molar-refractivity contribution is 0.0100. The van der Waals surface area contributed by atoms with Crippen molar-refractivity contribution >= 4 is 43.9 Å². The lowest BCUT2D eigenvalue weighted by Crippen LogP contribution is -2.55. The number of hydrogen-bond donors (Lipinski definition) is 3. The molecule has 1 aliphatic heterocycles. The van der Waals surface area contributed by atoms with E-state index in [2.05, 4.69) is 47.1 Å². The van der Waals surface area contributed by atoms with Crippen molar-refractivity contribution in [2.24, 2.45) is 0 Å². The molecule has 3 N–H and O–H groups in total. The van der Waals surface area contributed by atoms with Gasteiger partial charge in [-0.2, -0.15) is 0 Å². The predicted octanol–water partition coefficient (Wildman–Crippen LogP) is 1.43. The number of rotatable bonds is 3. The van der Waals surface area contributed by atoms with Crippen molar-refractivity contribution in [1.82, 2.24) is 20.2 Å². The fourth-order valence-electron chi connectivity index (χ4n) is 2.17. The van der Waals surface area contributed by atoms with Crippen LogP contribution in [-0.4, -0.2) is 64.3 Å². The standard InChI is InChI=1S/C11H14Br2N4O4/c1-21-6-4-17(11(19)20)3-2-5(6)14-10(18)9-15-7(12)8(13)16-9/h5-6H,2-4H2,1H3,(H,14,18)(H,15,16)(H,19,20)/t5-,6+/m0/s1. The molecule has 2 amide bonds. The summed E-state index contributed by atoms with van der Waals surface area (Å²) >= 11 is 6.41. The average molecular weight is 426 g/mol. The minimum absolute atomic E-state index is 0.171. The molecule has 2 atom stereocenters. The first-order valence-electron chi connectivity index (χ1n) is 6.15. The fourth-order valence-corrected chi connectivity index (χ4v) is 2.72. The maximum atomic E-state index is 12.1. The Hall–Kier alpha value is -1.13. The van der Waals surface area contributed by atoms with E-state index in [-0.39, 0.29) is 30.4 Å². The summed E-state index contributed by atoms with van der Waals surface area (Å²) in [4.78, 5) is 31.2. The molecule has 0 saturated carbocycles. The van der Waals surface area contributed by atoms with Crippen LogP contribution in [0.1, 0.15) is 17.0 Å². The normalized spacial score (nSPS) is 22.1. The lowest BCUT2D eigenvalue weighted by Gasteiger charge is -2.36. The zero-order valence-electron chi connectivity index (χ0n) is 11.1. The number of halogens is 2. The molecule has 1 aromatic rings. The second kappa shape index (κ2) is 6.75. The molecule has 0 bridgehead atoms. The molecule has 116 valence electrons. The average Bonchev–Trinajstić information content (AvgIpc) is 2.79. The number of nitrogens with zero attached hydrogens (tertiary/aromatic N) is 2. The Labute approximate surface area is 137 Å². The second-order valence-electron chi connectivity index (χ2n) is 4.56. The van der Waals surface area contributed by atoms with E-state index in [1.54, 1.807) is 0 Å². The molecule has 2 heterocycles. The first-order chi connectivity index (χ1) is 9.92. The summed E-state index contributed by atoms with van der Waals surface area (Å²) in [5.41, 5.74) is 0. The first kappa shape index (κ1) is 16.2. The third-order valence-electron chi connectivity index (χ3n) is 3.28. The largest absolute Gasteiger partial charge is 0.465 e. The number of carbonyl (C=O) groups is 2. The van der Waals surface area contributed by atoms with Crippen LogP contribution < -0.4 is 5.32 Å². The van der Waals surface area contributed by atoms with E-state index in [9.17, 15) is 9.59 Å². The molecule has 1 aromatic heterocycles. The number of hydrogen-bond acceptors (Lipinski definition) is 4. The van der Waals surface area contributed by atoms with Gasteiger partial charge >= 0.3 is 6.09 Å². The number of methoxy groups -OCH3 is 1. The van der Waals surface area contributed by atoms with Gasteiger partial charge in [0.15, 0.2) is 5.82 Å². The zero-order valence-corrected chi connectivity index (χ0v) is 14.3. The highest BCUT2D eigenvalue weighted by atomic mass is 79.9. The smallest absolute Gasteiger partial charge is 0.407 e. The SMILES string of the molecule is CO[C@@H]1CN(C(=O)O)CC[C@@H]1NC(=O)c1nc(Br)c(Br)[nH]1. The number of amides is 2. The maximum absolute atomic E-state index is 12.1. The quantitative estimate of drug-likeness (QED) is 0.678. The van der Waals surface area contributed by atoms with Crippen LogP contribution >= 0.6 is 31.9 Å². The summed E-state index contributed by atoms with van der Waals surface area (Å²) in [6, 6.07) is -0.263. The van der Waals surface area contributed by atoms with E-state index in [0.717, 1.165) is 0 Å². The van der Waals surface area contributed by atoms with E-state index in [0.29, 0.717) is 22.2 Å². The summed E-state index contributed by atoms with van der Waals surface area (Å²) in [7, 11) is 1.50. The number of carbonyl (C=O) groups excluding carboxylic acids is 1. The van der Waals surface area contributed by atoms with Crippen LogP contribution in [0, 0.1) is 0 Å². The number of likely N-dealkylation sites (tertiary alicyclic amines) is 1. The topological polar surface area (TPSA) is 108 Å². The first-order valence-corrected chi connectivity index (χ1v) is 7.73. The minimum atomic E-state index is -0.985. The van der Waals surface area contributed by atoms with Crippen molar-refractivity contribution in [3.05, 3.63) is 15.0 Å². The van der Waals surface area contributed by atoms with Crippen LogP contribution in [0.5, 0.6) is 0 Å². The fraction of sp³-hybridized carbons (Fsp3) is 0.545. The molecule has 2 rings (SSSR count). The molecule has 0 aliphatic carbocycles. The number of aromatic amines is 1. The Morgan fingerprint density at radius 3 is 2.76 bits per heavy atom. The van der Waals surface area contributed by atoms with E-state index >= 15 is 0 Å². The molecule has 1 aliphatic rings. The van der Waals surface area contributed by atoms with Crippen LogP contribution in [0.4, 0.5) is 4.79 Å². The number of imidazole rings is 1. The highest BCUT2D eigenvalue weighted by Crippen LogP contribution is 2.20. The van der Waals surface area contributed by atoms with Crippen LogP contribution in [0.2, 0.25) is 0 Å². The monoisotopic (exact) mass is 424 g/mol. The Kier molecular flexibility index (Phi) is 5.22. The van der Waals surface area contributed by atoms with E-state index in [1.165, 1.54) is 12.0 Å². The Balaban J connectivity index is 2.01. The van der Waals surface area contributed by atoms with Crippen LogP contribution in [-0.2, 0) is 4.74 Å². The van der Waals surface area contributed by atoms with Crippen LogP contribution in [0.3, 0.4) is 0 Å². The van der Waals surface area contributed by atoms with Gasteiger partial charge < -0.3 is 25.0 Å². The van der Waals surface area contributed by atoms with Gasteiger partial charge in [-0.1, -0.05) is 0 Å². The third kappa shape index (κ3) is 3.74. The summed E-state index contributed by atoms with van der Waals surface area (Å²) in [6.45, 7) is 0.577. The molecule has 21 heavy (non-hydrogen) atoms. The van der Waals surface area contributed by atoms with E-state index < -0.39 is 6.09 Å². The summed E-state index contributed by atoms with van der Waals surface area (Å²) in [6.07, 6.45) is -0.888. The molecule has 8 nitrogen and oxygen atoms in total. The molecular formula is C11H14Br2N4O4. The van der Waals surface area contributed by atoms with Crippen LogP contribution in [0.25, 0.3) is 0 Å². The third-order valence-corrected chi connectivity index (χ3v) is 4.96. The van der Waals surface area contributed by atoms with Gasteiger partial charge in [0.25, 0.3) is 5.91 Å². The van der Waals surface area contributed by atoms with Gasteiger partial charge in [0, 0.05) is 13.7 Å². The van der Waals surface area contributed by atoms with Crippen LogP contribution in [0.15, 0.2) is 9.21 Å². The minimum Gasteiger partial charge on any atom is -0.465 e. The highest BCUT2D eigenvalue weighted by molar-refractivity contribution is 9.13. The number of H-pyrrole nitrogens is 1. The molecule has 0 unspecified atom stereocenters. The number of nitrogens with one attached hydrogen (secondary N) is 2. The highest BCUT2D eigenvalue weighted by Gasteiger charge is 2.33. The van der Waals surface area contributed by atoms with Gasteiger partial charge in [0.05, 0.1) is 18.7 Å². The zero-order chi connectivity index (χ0) is 15.6. The lowest BCUT2D eigenvalue weighted by atomic mass is 10.0. The molecule has 0 spiro atoms. The maximum Gasteiger partial charge on any atom is 0.407 e. The van der Waals surface area contributed by atoms with Crippen molar-refractivity contribution in [2.45, 2.75) is 18.6 Å².